The van der Waals surface area contributed by atoms with Crippen LogP contribution in [0, 0.1) is 17.8 Å². The van der Waals surface area contributed by atoms with E-state index < -0.39 is 0 Å². The molecule has 1 atom stereocenters. The zero-order valence-electron chi connectivity index (χ0n) is 9.56. The molecule has 0 aromatic carbocycles. The zero-order valence-corrected chi connectivity index (χ0v) is 9.56. The first-order chi connectivity index (χ1) is 5.52. The van der Waals surface area contributed by atoms with E-state index >= 15 is 0 Å². The Morgan fingerprint density at radius 2 is 1.31 bits per heavy atom. The van der Waals surface area contributed by atoms with Gasteiger partial charge in [0.2, 0.25) is 0 Å². The fourth-order valence-corrected chi connectivity index (χ4v) is 1.80. The predicted molar refractivity (Wildman–Crippen MR) is 64.0 cm³/mol. The van der Waals surface area contributed by atoms with Crippen molar-refractivity contribution in [1.29, 1.82) is 0 Å². The minimum atomic E-state index is 0. The van der Waals surface area contributed by atoms with Gasteiger partial charge >= 0.3 is 0 Å². The van der Waals surface area contributed by atoms with Gasteiger partial charge in [-0.1, -0.05) is 61.3 Å². The van der Waals surface area contributed by atoms with Gasteiger partial charge in [0.05, 0.1) is 0 Å². The minimum Gasteiger partial charge on any atom is -0.0776 e. The molecule has 0 spiro atoms. The molecule has 0 heteroatoms. The molecule has 0 saturated carbocycles. The maximum atomic E-state index is 2.39. The molecule has 0 aromatic heterocycles. The third kappa shape index (κ3) is 12.0. The molecule has 0 aliphatic rings. The van der Waals surface area contributed by atoms with E-state index in [1.807, 2.05) is 0 Å². The van der Waals surface area contributed by atoms with Crippen molar-refractivity contribution in [3.05, 3.63) is 0 Å². The Labute approximate surface area is 86.1 Å². The Bertz CT molecular complexity index is 92.2. The Hall–Kier alpha value is 0. The fraction of sp³-hybridized carbons (Fsp3) is 1.00. The lowest BCUT2D eigenvalue weighted by Crippen LogP contribution is -2.00. The van der Waals surface area contributed by atoms with Gasteiger partial charge in [0.25, 0.3) is 0 Å². The molecule has 82 valence electrons. The maximum Gasteiger partial charge on any atom is -0.0440 e. The van der Waals surface area contributed by atoms with E-state index in [2.05, 4.69) is 34.6 Å². The molecule has 13 heavy (non-hydrogen) atoms. The molecule has 0 N–H and O–H groups in total. The van der Waals surface area contributed by atoms with E-state index in [0.29, 0.717) is 0 Å². The van der Waals surface area contributed by atoms with Crippen LogP contribution in [0.2, 0.25) is 0 Å². The summed E-state index contributed by atoms with van der Waals surface area (Å²) in [6, 6.07) is 0. The highest BCUT2D eigenvalue weighted by atomic mass is 14.1. The first-order valence-electron chi connectivity index (χ1n) is 5.52. The first-order valence-corrected chi connectivity index (χ1v) is 5.52. The molecule has 0 rings (SSSR count). The largest absolute Gasteiger partial charge is 0.0776 e. The van der Waals surface area contributed by atoms with E-state index in [0.717, 1.165) is 17.8 Å². The van der Waals surface area contributed by atoms with Gasteiger partial charge in [0.15, 0.2) is 0 Å². The normalized spacial score (nSPS) is 13.2. The van der Waals surface area contributed by atoms with E-state index in [1.54, 1.807) is 0 Å². The van der Waals surface area contributed by atoms with Crippen LogP contribution >= 0.6 is 0 Å². The SMILES string of the molecule is C.CC(C)CCCC(C)CC(C)C. The summed E-state index contributed by atoms with van der Waals surface area (Å²) in [5.41, 5.74) is 0. The van der Waals surface area contributed by atoms with Gasteiger partial charge in [0.1, 0.15) is 0 Å². The van der Waals surface area contributed by atoms with Crippen molar-refractivity contribution in [1.82, 2.24) is 0 Å². The Balaban J connectivity index is 0. The van der Waals surface area contributed by atoms with Crippen LogP contribution in [0.4, 0.5) is 0 Å². The third-order valence-electron chi connectivity index (χ3n) is 2.35. The fourth-order valence-electron chi connectivity index (χ4n) is 1.80. The molecule has 0 aliphatic heterocycles. The lowest BCUT2D eigenvalue weighted by atomic mass is 9.93. The van der Waals surface area contributed by atoms with E-state index in [9.17, 15) is 0 Å². The molecule has 0 bridgehead atoms. The van der Waals surface area contributed by atoms with Gasteiger partial charge in [-0.2, -0.15) is 0 Å². The first kappa shape index (κ1) is 15.5. The van der Waals surface area contributed by atoms with Crippen LogP contribution < -0.4 is 0 Å². The van der Waals surface area contributed by atoms with Crippen molar-refractivity contribution in [3.8, 4) is 0 Å². The Morgan fingerprint density at radius 3 is 1.69 bits per heavy atom. The zero-order chi connectivity index (χ0) is 9.56. The monoisotopic (exact) mass is 186 g/mol. The molecule has 0 aliphatic carbocycles. The van der Waals surface area contributed by atoms with Crippen LogP contribution in [0.1, 0.15) is 67.7 Å². The van der Waals surface area contributed by atoms with Gasteiger partial charge in [-0.3, -0.25) is 0 Å². The average Bonchev–Trinajstić information content (AvgIpc) is 1.84. The molecule has 0 saturated heterocycles. The average molecular weight is 186 g/mol. The van der Waals surface area contributed by atoms with Crippen molar-refractivity contribution in [2.45, 2.75) is 67.7 Å². The number of rotatable bonds is 6. The lowest BCUT2D eigenvalue weighted by Gasteiger charge is -2.14. The topological polar surface area (TPSA) is 0 Å². The maximum absolute atomic E-state index is 2.39. The summed E-state index contributed by atoms with van der Waals surface area (Å²) in [6.07, 6.45) is 5.66. The van der Waals surface area contributed by atoms with Crippen molar-refractivity contribution in [2.75, 3.05) is 0 Å². The molecule has 0 nitrogen and oxygen atoms in total. The van der Waals surface area contributed by atoms with Crippen LogP contribution in [0.3, 0.4) is 0 Å². The van der Waals surface area contributed by atoms with Crippen molar-refractivity contribution in [3.63, 3.8) is 0 Å². The van der Waals surface area contributed by atoms with Crippen LogP contribution in [0.25, 0.3) is 0 Å². The second-order valence-electron chi connectivity index (χ2n) is 5.06. The summed E-state index contributed by atoms with van der Waals surface area (Å²) < 4.78 is 0. The van der Waals surface area contributed by atoms with E-state index in [-0.39, 0.29) is 7.43 Å². The highest BCUT2D eigenvalue weighted by molar-refractivity contribution is 4.57. The standard InChI is InChI=1S/C12H26.CH4/c1-10(2)7-6-8-12(5)9-11(3)4;/h10-12H,6-9H2,1-5H3;1H4. The molecule has 0 amide bonds. The van der Waals surface area contributed by atoms with Gasteiger partial charge in [-0.15, -0.1) is 0 Å². The highest BCUT2D eigenvalue weighted by Gasteiger charge is 2.04. The Kier molecular flexibility index (Phi) is 10.2. The Morgan fingerprint density at radius 1 is 0.769 bits per heavy atom. The number of hydrogen-bond donors (Lipinski definition) is 0. The minimum absolute atomic E-state index is 0. The molecular weight excluding hydrogens is 156 g/mol. The second-order valence-corrected chi connectivity index (χ2v) is 5.06. The summed E-state index contributed by atoms with van der Waals surface area (Å²) in [6.45, 7) is 11.7. The molecule has 0 heterocycles. The van der Waals surface area contributed by atoms with Crippen LogP contribution in [0.5, 0.6) is 0 Å². The van der Waals surface area contributed by atoms with Crippen molar-refractivity contribution >= 4 is 0 Å². The van der Waals surface area contributed by atoms with E-state index in [4.69, 9.17) is 0 Å². The highest BCUT2D eigenvalue weighted by Crippen LogP contribution is 2.18. The van der Waals surface area contributed by atoms with Crippen molar-refractivity contribution < 1.29 is 0 Å². The summed E-state index contributed by atoms with van der Waals surface area (Å²) in [5, 5.41) is 0. The van der Waals surface area contributed by atoms with Gasteiger partial charge in [-0.05, 0) is 24.2 Å². The van der Waals surface area contributed by atoms with Crippen molar-refractivity contribution in [2.24, 2.45) is 17.8 Å². The summed E-state index contributed by atoms with van der Waals surface area (Å²) in [5.74, 6) is 2.69. The molecule has 1 unspecified atom stereocenters. The summed E-state index contributed by atoms with van der Waals surface area (Å²) in [4.78, 5) is 0. The quantitative estimate of drug-likeness (QED) is 0.539. The van der Waals surface area contributed by atoms with Gasteiger partial charge < -0.3 is 0 Å². The second kappa shape index (κ2) is 8.59. The lowest BCUT2D eigenvalue weighted by molar-refractivity contribution is 0.388. The molecule has 0 fully saturated rings. The van der Waals surface area contributed by atoms with Crippen LogP contribution in [-0.4, -0.2) is 0 Å². The smallest absolute Gasteiger partial charge is 0.0440 e. The van der Waals surface area contributed by atoms with E-state index in [1.165, 1.54) is 25.7 Å². The third-order valence-corrected chi connectivity index (χ3v) is 2.35. The van der Waals surface area contributed by atoms with Gasteiger partial charge in [-0.25, -0.2) is 0 Å². The summed E-state index contributed by atoms with van der Waals surface area (Å²) in [7, 11) is 0. The predicted octanol–water partition coefficient (Wildman–Crippen LogP) is 5.13. The van der Waals surface area contributed by atoms with Gasteiger partial charge in [0, 0.05) is 0 Å². The van der Waals surface area contributed by atoms with Crippen LogP contribution in [-0.2, 0) is 0 Å². The number of hydrogen-bond acceptors (Lipinski definition) is 0. The summed E-state index contributed by atoms with van der Waals surface area (Å²) >= 11 is 0. The van der Waals surface area contributed by atoms with Crippen LogP contribution in [0.15, 0.2) is 0 Å². The molecule has 0 radical (unpaired) electrons. The molecule has 0 aromatic rings. The molecular formula is C13H30.